The van der Waals surface area contributed by atoms with Gasteiger partial charge < -0.3 is 15.0 Å². The number of ether oxygens (including phenoxy) is 1. The normalized spacial score (nSPS) is 12.4. The van der Waals surface area contributed by atoms with Gasteiger partial charge in [0, 0.05) is 33.8 Å². The molecule has 0 aliphatic carbocycles. The lowest BCUT2D eigenvalue weighted by atomic mass is 10.1. The van der Waals surface area contributed by atoms with E-state index in [2.05, 4.69) is 5.32 Å². The molecule has 1 N–H and O–H groups in total. The molecule has 0 heterocycles. The quantitative estimate of drug-likeness (QED) is 0.287. The summed E-state index contributed by atoms with van der Waals surface area (Å²) in [6.07, 6.45) is 0.264. The molecule has 0 aromatic heterocycles. The van der Waals surface area contributed by atoms with Crippen LogP contribution in [0.1, 0.15) is 39.7 Å². The molecular formula is C30H35Cl2N3O5S. The zero-order chi connectivity index (χ0) is 30.4. The lowest BCUT2D eigenvalue weighted by Crippen LogP contribution is -2.55. The minimum Gasteiger partial charge on any atom is -0.497 e. The van der Waals surface area contributed by atoms with Gasteiger partial charge in [-0.2, -0.15) is 0 Å². The number of amides is 2. The van der Waals surface area contributed by atoms with Crippen molar-refractivity contribution in [2.75, 3.05) is 18.0 Å². The summed E-state index contributed by atoms with van der Waals surface area (Å²) in [4.78, 5) is 29.0. The maximum absolute atomic E-state index is 14.2. The SMILES string of the molecule is CCC(C(=O)NC(C)(C)C)N(Cc1c(Cl)cccc1Cl)C(=O)CN(c1cccc(OC)c1)S(=O)(=O)c1ccccc1. The Kier molecular flexibility index (Phi) is 10.7. The van der Waals surface area contributed by atoms with Crippen molar-refractivity contribution in [3.05, 3.63) is 88.4 Å². The summed E-state index contributed by atoms with van der Waals surface area (Å²) in [5.41, 5.74) is 0.111. The summed E-state index contributed by atoms with van der Waals surface area (Å²) >= 11 is 12.9. The van der Waals surface area contributed by atoms with Crippen molar-refractivity contribution in [3.63, 3.8) is 0 Å². The largest absolute Gasteiger partial charge is 0.497 e. The molecule has 0 saturated carbocycles. The molecule has 220 valence electrons. The van der Waals surface area contributed by atoms with E-state index in [1.165, 1.54) is 30.2 Å². The second-order valence-electron chi connectivity index (χ2n) is 10.4. The van der Waals surface area contributed by atoms with Crippen LogP contribution >= 0.6 is 23.2 Å². The Morgan fingerprint density at radius 3 is 2.12 bits per heavy atom. The van der Waals surface area contributed by atoms with Gasteiger partial charge in [-0.3, -0.25) is 13.9 Å². The summed E-state index contributed by atoms with van der Waals surface area (Å²) in [7, 11) is -2.73. The van der Waals surface area contributed by atoms with Crippen LogP contribution in [0.4, 0.5) is 5.69 Å². The van der Waals surface area contributed by atoms with Crippen LogP contribution < -0.4 is 14.4 Å². The second-order valence-corrected chi connectivity index (χ2v) is 13.1. The molecule has 0 bridgehead atoms. The number of halogens is 2. The van der Waals surface area contributed by atoms with E-state index in [4.69, 9.17) is 27.9 Å². The molecule has 3 aromatic carbocycles. The van der Waals surface area contributed by atoms with E-state index in [1.54, 1.807) is 61.5 Å². The lowest BCUT2D eigenvalue weighted by molar-refractivity contribution is -0.141. The number of sulfonamides is 1. The number of carbonyl (C=O) groups excluding carboxylic acids is 2. The maximum atomic E-state index is 14.2. The topological polar surface area (TPSA) is 96.0 Å². The van der Waals surface area contributed by atoms with E-state index in [1.807, 2.05) is 20.8 Å². The van der Waals surface area contributed by atoms with Crippen LogP contribution in [0, 0.1) is 0 Å². The number of carbonyl (C=O) groups is 2. The lowest BCUT2D eigenvalue weighted by Gasteiger charge is -2.35. The second kappa shape index (κ2) is 13.6. The highest BCUT2D eigenvalue weighted by Crippen LogP contribution is 2.30. The van der Waals surface area contributed by atoms with E-state index < -0.39 is 34.1 Å². The molecule has 0 aliphatic heterocycles. The fraction of sp³-hybridized carbons (Fsp3) is 0.333. The fourth-order valence-electron chi connectivity index (χ4n) is 4.24. The highest BCUT2D eigenvalue weighted by atomic mass is 35.5. The number of nitrogens with zero attached hydrogens (tertiary/aromatic N) is 2. The van der Waals surface area contributed by atoms with Crippen LogP contribution in [0.25, 0.3) is 0 Å². The van der Waals surface area contributed by atoms with Gasteiger partial charge in [0.2, 0.25) is 11.8 Å². The summed E-state index contributed by atoms with van der Waals surface area (Å²) in [5, 5.41) is 3.57. The number of benzene rings is 3. The van der Waals surface area contributed by atoms with Crippen molar-refractivity contribution in [1.82, 2.24) is 10.2 Å². The average molecular weight is 621 g/mol. The molecule has 8 nitrogen and oxygen atoms in total. The predicted molar refractivity (Wildman–Crippen MR) is 163 cm³/mol. The molecule has 1 atom stereocenters. The van der Waals surface area contributed by atoms with Gasteiger partial charge in [0.1, 0.15) is 18.3 Å². The summed E-state index contributed by atoms with van der Waals surface area (Å²) in [6.45, 7) is 6.60. The van der Waals surface area contributed by atoms with Crippen LogP contribution in [0.3, 0.4) is 0 Å². The number of hydrogen-bond donors (Lipinski definition) is 1. The first-order chi connectivity index (χ1) is 19.3. The average Bonchev–Trinajstić information content (AvgIpc) is 2.92. The molecule has 3 aromatic rings. The molecular weight excluding hydrogens is 585 g/mol. The first-order valence-corrected chi connectivity index (χ1v) is 15.2. The highest BCUT2D eigenvalue weighted by molar-refractivity contribution is 7.92. The molecule has 0 fully saturated rings. The van der Waals surface area contributed by atoms with Crippen LogP contribution in [0.2, 0.25) is 10.0 Å². The van der Waals surface area contributed by atoms with Gasteiger partial charge in [-0.05, 0) is 63.6 Å². The van der Waals surface area contributed by atoms with Crippen molar-refractivity contribution in [1.29, 1.82) is 0 Å². The number of hydrogen-bond acceptors (Lipinski definition) is 5. The van der Waals surface area contributed by atoms with Gasteiger partial charge in [0.15, 0.2) is 0 Å². The first kappa shape index (κ1) is 32.2. The zero-order valence-electron chi connectivity index (χ0n) is 23.7. The number of nitrogens with one attached hydrogen (secondary N) is 1. The van der Waals surface area contributed by atoms with Crippen LogP contribution in [-0.4, -0.2) is 50.4 Å². The minimum absolute atomic E-state index is 0.00818. The molecule has 1 unspecified atom stereocenters. The fourth-order valence-corrected chi connectivity index (χ4v) is 6.18. The van der Waals surface area contributed by atoms with Crippen LogP contribution in [-0.2, 0) is 26.2 Å². The number of rotatable bonds is 11. The van der Waals surface area contributed by atoms with E-state index in [-0.39, 0.29) is 29.5 Å². The predicted octanol–water partition coefficient (Wildman–Crippen LogP) is 5.92. The van der Waals surface area contributed by atoms with Gasteiger partial charge in [0.05, 0.1) is 17.7 Å². The molecule has 0 saturated heterocycles. The smallest absolute Gasteiger partial charge is 0.264 e. The molecule has 0 radical (unpaired) electrons. The Morgan fingerprint density at radius 1 is 0.951 bits per heavy atom. The van der Waals surface area contributed by atoms with Crippen LogP contribution in [0.15, 0.2) is 77.7 Å². The van der Waals surface area contributed by atoms with Gasteiger partial charge in [0.25, 0.3) is 10.0 Å². The standard InChI is InChI=1S/C30H35Cl2N3O5S/c1-6-27(29(37)33-30(2,3)4)34(19-24-25(31)16-11-17-26(24)32)28(36)20-35(21-12-10-13-22(18-21)40-5)41(38,39)23-14-8-7-9-15-23/h7-18,27H,6,19-20H2,1-5H3,(H,33,37). The Labute approximate surface area is 252 Å². The first-order valence-electron chi connectivity index (χ1n) is 13.0. The van der Waals surface area contributed by atoms with Gasteiger partial charge in [-0.1, -0.05) is 60.5 Å². The molecule has 11 heteroatoms. The van der Waals surface area contributed by atoms with Crippen LogP contribution in [0.5, 0.6) is 5.75 Å². The molecule has 3 rings (SSSR count). The van der Waals surface area contributed by atoms with E-state index in [0.29, 0.717) is 21.4 Å². The van der Waals surface area contributed by atoms with Crippen molar-refractivity contribution in [2.45, 2.75) is 57.1 Å². The third-order valence-corrected chi connectivity index (χ3v) is 8.72. The van der Waals surface area contributed by atoms with Gasteiger partial charge >= 0.3 is 0 Å². The van der Waals surface area contributed by atoms with E-state index in [9.17, 15) is 18.0 Å². The third-order valence-electron chi connectivity index (χ3n) is 6.23. The summed E-state index contributed by atoms with van der Waals surface area (Å²) in [6, 6.07) is 18.3. The Hall–Kier alpha value is -3.27. The van der Waals surface area contributed by atoms with Crippen molar-refractivity contribution < 1.29 is 22.7 Å². The summed E-state index contributed by atoms with van der Waals surface area (Å²) < 4.78 is 34.2. The van der Waals surface area contributed by atoms with Crippen molar-refractivity contribution >= 4 is 50.7 Å². The molecule has 0 aliphatic rings. The third kappa shape index (κ3) is 8.15. The molecule has 2 amide bonds. The highest BCUT2D eigenvalue weighted by Gasteiger charge is 2.35. The Bertz CT molecular complexity index is 1460. The molecule has 41 heavy (non-hydrogen) atoms. The van der Waals surface area contributed by atoms with E-state index >= 15 is 0 Å². The zero-order valence-corrected chi connectivity index (χ0v) is 26.1. The number of anilines is 1. The van der Waals surface area contributed by atoms with Crippen molar-refractivity contribution in [2.24, 2.45) is 0 Å². The Balaban J connectivity index is 2.12. The minimum atomic E-state index is -4.20. The molecule has 0 spiro atoms. The van der Waals surface area contributed by atoms with Gasteiger partial charge in [-0.25, -0.2) is 8.42 Å². The Morgan fingerprint density at radius 2 is 1.56 bits per heavy atom. The van der Waals surface area contributed by atoms with Crippen molar-refractivity contribution in [3.8, 4) is 5.75 Å². The maximum Gasteiger partial charge on any atom is 0.264 e. The number of methoxy groups -OCH3 is 1. The van der Waals surface area contributed by atoms with E-state index in [0.717, 1.165) is 4.31 Å². The summed E-state index contributed by atoms with van der Waals surface area (Å²) in [5.74, 6) is -0.575. The monoisotopic (exact) mass is 619 g/mol. The van der Waals surface area contributed by atoms with Gasteiger partial charge in [-0.15, -0.1) is 0 Å².